The number of nitrogens with zero attached hydrogens (tertiary/aromatic N) is 3. The van der Waals surface area contributed by atoms with E-state index in [1.165, 1.54) is 0 Å². The third kappa shape index (κ3) is 4.68. The van der Waals surface area contributed by atoms with Crippen LogP contribution in [0.2, 0.25) is 0 Å². The average Bonchev–Trinajstić information content (AvgIpc) is 2.80. The number of hydrogen-bond donors (Lipinski definition) is 0. The zero-order valence-corrected chi connectivity index (χ0v) is 17.8. The molecule has 0 saturated carbocycles. The smallest absolute Gasteiger partial charge is 0.218 e. The minimum Gasteiger partial charge on any atom is -0.497 e. The molecule has 1 fully saturated rings. The normalized spacial score (nSPS) is 15.8. The van der Waals surface area contributed by atoms with Gasteiger partial charge in [0.05, 0.1) is 30.4 Å². The van der Waals surface area contributed by atoms with Crippen LogP contribution in [0.1, 0.15) is 30.0 Å². The summed E-state index contributed by atoms with van der Waals surface area (Å²) in [6, 6.07) is 17.1. The summed E-state index contributed by atoms with van der Waals surface area (Å²) in [7, 11) is -1.68. The number of hydrogen-bond acceptors (Lipinski definition) is 5. The van der Waals surface area contributed by atoms with E-state index in [0.29, 0.717) is 13.1 Å². The number of aromatic nitrogens is 2. The topological polar surface area (TPSA) is 72.4 Å². The molecular weight excluding hydrogens is 398 g/mol. The zero-order chi connectivity index (χ0) is 21.0. The van der Waals surface area contributed by atoms with Gasteiger partial charge in [0.25, 0.3) is 0 Å². The summed E-state index contributed by atoms with van der Waals surface area (Å²) in [6.07, 6.45) is 5.02. The van der Waals surface area contributed by atoms with Crippen LogP contribution in [0, 0.1) is 0 Å². The highest BCUT2D eigenvalue weighted by atomic mass is 32.2. The molecule has 2 heterocycles. The van der Waals surface area contributed by atoms with Crippen LogP contribution in [-0.4, -0.2) is 42.9 Å². The van der Waals surface area contributed by atoms with E-state index in [2.05, 4.69) is 4.98 Å². The Morgan fingerprint density at radius 2 is 1.80 bits per heavy atom. The van der Waals surface area contributed by atoms with Gasteiger partial charge in [-0.1, -0.05) is 42.5 Å². The van der Waals surface area contributed by atoms with Gasteiger partial charge in [0.15, 0.2) is 0 Å². The first-order chi connectivity index (χ1) is 14.5. The van der Waals surface area contributed by atoms with E-state index < -0.39 is 10.0 Å². The standard InChI is InChI=1S/C23H25N3O3S/c1-29-21-9-5-8-20(14-21)23-16-24-15-22(25-23)19-10-12-26(13-11-19)30(27,28)17-18-6-3-2-4-7-18/h2-9,14-16,19H,10-13,17H2,1H3. The van der Waals surface area contributed by atoms with Crippen LogP contribution >= 0.6 is 0 Å². The van der Waals surface area contributed by atoms with Gasteiger partial charge in [-0.15, -0.1) is 0 Å². The Morgan fingerprint density at radius 3 is 2.53 bits per heavy atom. The predicted molar refractivity (Wildman–Crippen MR) is 117 cm³/mol. The van der Waals surface area contributed by atoms with Gasteiger partial charge in [0, 0.05) is 30.8 Å². The molecule has 30 heavy (non-hydrogen) atoms. The highest BCUT2D eigenvalue weighted by Crippen LogP contribution is 2.30. The maximum Gasteiger partial charge on any atom is 0.218 e. The molecule has 1 aliphatic rings. The summed E-state index contributed by atoms with van der Waals surface area (Å²) < 4.78 is 32.5. The van der Waals surface area contributed by atoms with Crippen molar-refractivity contribution in [1.82, 2.24) is 14.3 Å². The first kappa shape index (κ1) is 20.5. The molecule has 0 amide bonds. The summed E-state index contributed by atoms with van der Waals surface area (Å²) in [6.45, 7) is 1.01. The maximum atomic E-state index is 12.8. The predicted octanol–water partition coefficient (Wildman–Crippen LogP) is 3.86. The molecule has 0 spiro atoms. The first-order valence-electron chi connectivity index (χ1n) is 10.0. The van der Waals surface area contributed by atoms with Crippen molar-refractivity contribution in [3.8, 4) is 17.0 Å². The van der Waals surface area contributed by atoms with Crippen molar-refractivity contribution >= 4 is 10.0 Å². The summed E-state index contributed by atoms with van der Waals surface area (Å²) in [4.78, 5) is 9.19. The van der Waals surface area contributed by atoms with Crippen LogP contribution in [0.3, 0.4) is 0 Å². The van der Waals surface area contributed by atoms with Crippen LogP contribution in [0.4, 0.5) is 0 Å². The number of sulfonamides is 1. The van der Waals surface area contributed by atoms with E-state index in [-0.39, 0.29) is 11.7 Å². The van der Waals surface area contributed by atoms with E-state index >= 15 is 0 Å². The lowest BCUT2D eigenvalue weighted by atomic mass is 9.95. The van der Waals surface area contributed by atoms with Gasteiger partial charge in [0.2, 0.25) is 10.0 Å². The molecule has 0 atom stereocenters. The van der Waals surface area contributed by atoms with E-state index in [9.17, 15) is 8.42 Å². The third-order valence-corrected chi connectivity index (χ3v) is 7.33. The lowest BCUT2D eigenvalue weighted by Gasteiger charge is -2.31. The second-order valence-corrected chi connectivity index (χ2v) is 9.45. The summed E-state index contributed by atoms with van der Waals surface area (Å²) in [5.74, 6) is 1.02. The first-order valence-corrected chi connectivity index (χ1v) is 11.6. The average molecular weight is 424 g/mol. The lowest BCUT2D eigenvalue weighted by Crippen LogP contribution is -2.38. The maximum absolute atomic E-state index is 12.8. The molecular formula is C23H25N3O3S. The zero-order valence-electron chi connectivity index (χ0n) is 16.9. The van der Waals surface area contributed by atoms with Crippen LogP contribution in [0.25, 0.3) is 11.3 Å². The number of rotatable bonds is 6. The fourth-order valence-electron chi connectivity index (χ4n) is 3.81. The quantitative estimate of drug-likeness (QED) is 0.602. The van der Waals surface area contributed by atoms with Gasteiger partial charge < -0.3 is 4.74 Å². The highest BCUT2D eigenvalue weighted by Gasteiger charge is 2.29. The van der Waals surface area contributed by atoms with Gasteiger partial charge in [0.1, 0.15) is 5.75 Å². The van der Waals surface area contributed by atoms with Gasteiger partial charge in [-0.25, -0.2) is 17.7 Å². The molecule has 7 heteroatoms. The Bertz CT molecular complexity index is 1100. The third-order valence-electron chi connectivity index (χ3n) is 5.48. The van der Waals surface area contributed by atoms with Gasteiger partial charge in [-0.3, -0.25) is 4.98 Å². The molecule has 0 bridgehead atoms. The van der Waals surface area contributed by atoms with E-state index in [1.54, 1.807) is 23.8 Å². The minimum atomic E-state index is -3.32. The largest absolute Gasteiger partial charge is 0.497 e. The molecule has 156 valence electrons. The monoisotopic (exact) mass is 423 g/mol. The van der Waals surface area contributed by atoms with Crippen molar-refractivity contribution < 1.29 is 13.2 Å². The molecule has 2 aromatic carbocycles. The van der Waals surface area contributed by atoms with Crippen molar-refractivity contribution in [2.45, 2.75) is 24.5 Å². The van der Waals surface area contributed by atoms with Gasteiger partial charge >= 0.3 is 0 Å². The second kappa shape index (κ2) is 8.93. The number of piperidine rings is 1. The molecule has 0 N–H and O–H groups in total. The molecule has 1 aliphatic heterocycles. The van der Waals surface area contributed by atoms with Crippen molar-refractivity contribution in [3.63, 3.8) is 0 Å². The fourth-order valence-corrected chi connectivity index (χ4v) is 5.37. The summed E-state index contributed by atoms with van der Waals surface area (Å²) in [5, 5.41) is 0. The van der Waals surface area contributed by atoms with Crippen LogP contribution in [0.5, 0.6) is 5.75 Å². The number of ether oxygens (including phenoxy) is 1. The van der Waals surface area contributed by atoms with E-state index in [1.807, 2.05) is 54.6 Å². The van der Waals surface area contributed by atoms with Crippen molar-refractivity contribution in [3.05, 3.63) is 78.2 Å². The van der Waals surface area contributed by atoms with Crippen LogP contribution in [0.15, 0.2) is 67.0 Å². The SMILES string of the molecule is COc1cccc(-c2cncc(C3CCN(S(=O)(=O)Cc4ccccc4)CC3)n2)c1. The molecule has 4 rings (SSSR count). The molecule has 6 nitrogen and oxygen atoms in total. The van der Waals surface area contributed by atoms with Crippen molar-refractivity contribution in [1.29, 1.82) is 0 Å². The van der Waals surface area contributed by atoms with Crippen molar-refractivity contribution in [2.24, 2.45) is 0 Å². The molecule has 0 radical (unpaired) electrons. The molecule has 1 saturated heterocycles. The Kier molecular flexibility index (Phi) is 6.11. The van der Waals surface area contributed by atoms with Gasteiger partial charge in [-0.05, 0) is 30.5 Å². The molecule has 1 aromatic heterocycles. The fraction of sp³-hybridized carbons (Fsp3) is 0.304. The summed E-state index contributed by atoms with van der Waals surface area (Å²) >= 11 is 0. The van der Waals surface area contributed by atoms with Crippen LogP contribution < -0.4 is 4.74 Å². The highest BCUT2D eigenvalue weighted by molar-refractivity contribution is 7.88. The Morgan fingerprint density at radius 1 is 1.03 bits per heavy atom. The Balaban J connectivity index is 1.44. The molecule has 3 aromatic rings. The minimum absolute atomic E-state index is 0.0453. The van der Waals surface area contributed by atoms with E-state index in [4.69, 9.17) is 9.72 Å². The molecule has 0 aliphatic carbocycles. The Labute approximate surface area is 177 Å². The lowest BCUT2D eigenvalue weighted by molar-refractivity contribution is 0.316. The molecule has 0 unspecified atom stereocenters. The van der Waals surface area contributed by atoms with E-state index in [0.717, 1.165) is 41.1 Å². The number of methoxy groups -OCH3 is 1. The number of benzene rings is 2. The summed E-state index contributed by atoms with van der Waals surface area (Å²) in [5.41, 5.74) is 3.48. The second-order valence-electron chi connectivity index (χ2n) is 7.48. The van der Waals surface area contributed by atoms with Crippen molar-refractivity contribution in [2.75, 3.05) is 20.2 Å². The van der Waals surface area contributed by atoms with Gasteiger partial charge in [-0.2, -0.15) is 0 Å². The van der Waals surface area contributed by atoms with Crippen LogP contribution in [-0.2, 0) is 15.8 Å². The Hall–Kier alpha value is -2.77.